The van der Waals surface area contributed by atoms with Gasteiger partial charge in [-0.2, -0.15) is 5.10 Å². The summed E-state index contributed by atoms with van der Waals surface area (Å²) in [4.78, 5) is 17.6. The molecule has 1 aromatic carbocycles. The minimum atomic E-state index is -0.184. The average molecular weight is 285 g/mol. The third-order valence-electron chi connectivity index (χ3n) is 2.31. The normalized spacial score (nSPS) is 10.4. The number of rotatable bonds is 3. The molecule has 1 heterocycles. The molecule has 1 N–H and O–H groups in total. The second-order valence-corrected chi connectivity index (χ2v) is 4.62. The molecular formula is C11H10Cl2N4O. The van der Waals surface area contributed by atoms with Crippen LogP contribution in [0.25, 0.3) is 0 Å². The monoisotopic (exact) mass is 284 g/mol. The van der Waals surface area contributed by atoms with Crippen LogP contribution < -0.4 is 0 Å². The first kappa shape index (κ1) is 12.9. The number of aromatic nitrogens is 3. The van der Waals surface area contributed by atoms with Crippen LogP contribution in [0, 0.1) is 0 Å². The molecule has 0 unspecified atom stereocenters. The first-order valence-electron chi connectivity index (χ1n) is 5.12. The minimum Gasteiger partial charge on any atom is -0.334 e. The summed E-state index contributed by atoms with van der Waals surface area (Å²) in [6.45, 7) is 0.336. The van der Waals surface area contributed by atoms with Crippen LogP contribution in [-0.2, 0) is 6.54 Å². The fourth-order valence-corrected chi connectivity index (χ4v) is 2.03. The first-order valence-corrected chi connectivity index (χ1v) is 5.87. The van der Waals surface area contributed by atoms with Crippen LogP contribution >= 0.6 is 23.2 Å². The molecular weight excluding hydrogens is 275 g/mol. The highest BCUT2D eigenvalue weighted by Crippen LogP contribution is 2.20. The van der Waals surface area contributed by atoms with Crippen LogP contribution in [0.5, 0.6) is 0 Å². The van der Waals surface area contributed by atoms with Gasteiger partial charge in [0.1, 0.15) is 12.2 Å². The van der Waals surface area contributed by atoms with Crippen molar-refractivity contribution >= 4 is 29.1 Å². The van der Waals surface area contributed by atoms with Crippen LogP contribution in [0.15, 0.2) is 24.5 Å². The van der Waals surface area contributed by atoms with Gasteiger partial charge in [-0.1, -0.05) is 23.2 Å². The topological polar surface area (TPSA) is 61.9 Å². The Labute approximate surface area is 114 Å². The van der Waals surface area contributed by atoms with Crippen molar-refractivity contribution < 1.29 is 4.79 Å². The van der Waals surface area contributed by atoms with Gasteiger partial charge in [-0.15, -0.1) is 0 Å². The van der Waals surface area contributed by atoms with Crippen LogP contribution in [0.1, 0.15) is 16.2 Å². The number of hydrogen-bond acceptors (Lipinski definition) is 3. The highest BCUT2D eigenvalue weighted by Gasteiger charge is 2.14. The molecule has 2 rings (SSSR count). The van der Waals surface area contributed by atoms with Gasteiger partial charge in [0.15, 0.2) is 0 Å². The Morgan fingerprint density at radius 2 is 2.00 bits per heavy atom. The van der Waals surface area contributed by atoms with E-state index < -0.39 is 0 Å². The van der Waals surface area contributed by atoms with Gasteiger partial charge in [0, 0.05) is 22.7 Å². The molecule has 0 saturated carbocycles. The molecule has 94 valence electrons. The van der Waals surface area contributed by atoms with E-state index in [4.69, 9.17) is 23.2 Å². The quantitative estimate of drug-likeness (QED) is 0.941. The molecule has 0 bridgehead atoms. The summed E-state index contributed by atoms with van der Waals surface area (Å²) < 4.78 is 0. The Balaban J connectivity index is 2.15. The molecule has 0 saturated heterocycles. The van der Waals surface area contributed by atoms with Crippen molar-refractivity contribution in [3.8, 4) is 0 Å². The zero-order valence-electron chi connectivity index (χ0n) is 9.52. The van der Waals surface area contributed by atoms with Gasteiger partial charge in [-0.3, -0.25) is 9.89 Å². The lowest BCUT2D eigenvalue weighted by Gasteiger charge is -2.15. The van der Waals surface area contributed by atoms with Gasteiger partial charge in [0.05, 0.1) is 6.54 Å². The van der Waals surface area contributed by atoms with E-state index in [-0.39, 0.29) is 5.91 Å². The van der Waals surface area contributed by atoms with Crippen molar-refractivity contribution in [1.82, 2.24) is 20.1 Å². The molecule has 0 atom stereocenters. The van der Waals surface area contributed by atoms with Crippen LogP contribution in [0.2, 0.25) is 10.0 Å². The van der Waals surface area contributed by atoms with Gasteiger partial charge in [0.25, 0.3) is 5.91 Å². The van der Waals surface area contributed by atoms with E-state index in [1.54, 1.807) is 25.2 Å². The number of amides is 1. The number of nitrogens with one attached hydrogen (secondary N) is 1. The van der Waals surface area contributed by atoms with E-state index in [1.807, 2.05) is 0 Å². The third kappa shape index (κ3) is 3.00. The summed E-state index contributed by atoms with van der Waals surface area (Å²) in [7, 11) is 1.67. The molecule has 0 fully saturated rings. The molecule has 5 nitrogen and oxygen atoms in total. The summed E-state index contributed by atoms with van der Waals surface area (Å²) in [6.07, 6.45) is 1.39. The lowest BCUT2D eigenvalue weighted by Crippen LogP contribution is -2.26. The summed E-state index contributed by atoms with van der Waals surface area (Å²) in [5.74, 6) is 0.426. The highest BCUT2D eigenvalue weighted by molar-refractivity contribution is 6.35. The number of nitrogens with zero attached hydrogens (tertiary/aromatic N) is 3. The predicted molar refractivity (Wildman–Crippen MR) is 68.6 cm³/mol. The maximum atomic E-state index is 12.1. The lowest BCUT2D eigenvalue weighted by atomic mass is 10.2. The first-order chi connectivity index (χ1) is 8.56. The van der Waals surface area contributed by atoms with Crippen LogP contribution in [0.4, 0.5) is 0 Å². The Hall–Kier alpha value is -1.59. The summed E-state index contributed by atoms with van der Waals surface area (Å²) in [6, 6.07) is 4.73. The Morgan fingerprint density at radius 3 is 2.56 bits per heavy atom. The van der Waals surface area contributed by atoms with Crippen LogP contribution in [0.3, 0.4) is 0 Å². The van der Waals surface area contributed by atoms with Gasteiger partial charge in [0.2, 0.25) is 0 Å². The number of benzene rings is 1. The standard InChI is InChI=1S/C11H10Cl2N4O/c1-17(5-10-14-6-15-16-10)11(18)7-2-8(12)4-9(13)3-7/h2-4,6H,5H2,1H3,(H,14,15,16). The Kier molecular flexibility index (Phi) is 3.84. The van der Waals surface area contributed by atoms with Gasteiger partial charge >= 0.3 is 0 Å². The number of hydrogen-bond donors (Lipinski definition) is 1. The Morgan fingerprint density at radius 1 is 1.33 bits per heavy atom. The molecule has 1 amide bonds. The molecule has 2 aromatic rings. The molecule has 1 aromatic heterocycles. The van der Waals surface area contributed by atoms with E-state index in [1.165, 1.54) is 11.2 Å². The predicted octanol–water partition coefficient (Wildman–Crippen LogP) is 2.38. The number of carbonyl (C=O) groups excluding carboxylic acids is 1. The maximum absolute atomic E-state index is 12.1. The second-order valence-electron chi connectivity index (χ2n) is 3.75. The number of H-pyrrole nitrogens is 1. The van der Waals surface area contributed by atoms with Crippen LogP contribution in [-0.4, -0.2) is 33.0 Å². The van der Waals surface area contributed by atoms with E-state index in [2.05, 4.69) is 15.2 Å². The van der Waals surface area contributed by atoms with Gasteiger partial charge in [-0.25, -0.2) is 4.98 Å². The zero-order valence-corrected chi connectivity index (χ0v) is 11.0. The van der Waals surface area contributed by atoms with Gasteiger partial charge in [-0.05, 0) is 18.2 Å². The molecule has 0 aliphatic rings. The number of carbonyl (C=O) groups is 1. The summed E-state index contributed by atoms with van der Waals surface area (Å²) in [5, 5.41) is 7.27. The summed E-state index contributed by atoms with van der Waals surface area (Å²) >= 11 is 11.7. The molecule has 0 spiro atoms. The highest BCUT2D eigenvalue weighted by atomic mass is 35.5. The molecule has 0 aliphatic heterocycles. The molecule has 0 aliphatic carbocycles. The van der Waals surface area contributed by atoms with E-state index in [0.717, 1.165) is 0 Å². The van der Waals surface area contributed by atoms with E-state index in [9.17, 15) is 4.79 Å². The molecule has 0 radical (unpaired) electrons. The zero-order chi connectivity index (χ0) is 13.1. The fourth-order valence-electron chi connectivity index (χ4n) is 1.50. The van der Waals surface area contributed by atoms with Crippen molar-refractivity contribution in [3.63, 3.8) is 0 Å². The van der Waals surface area contributed by atoms with Crippen molar-refractivity contribution in [2.45, 2.75) is 6.54 Å². The number of aromatic amines is 1. The number of halogens is 2. The summed E-state index contributed by atoms with van der Waals surface area (Å²) in [5.41, 5.74) is 0.439. The average Bonchev–Trinajstić information content (AvgIpc) is 2.79. The lowest BCUT2D eigenvalue weighted by molar-refractivity contribution is 0.0781. The molecule has 18 heavy (non-hydrogen) atoms. The van der Waals surface area contributed by atoms with Crippen molar-refractivity contribution in [2.24, 2.45) is 0 Å². The van der Waals surface area contributed by atoms with Crippen molar-refractivity contribution in [2.75, 3.05) is 7.05 Å². The maximum Gasteiger partial charge on any atom is 0.254 e. The van der Waals surface area contributed by atoms with Gasteiger partial charge < -0.3 is 4.90 Å². The SMILES string of the molecule is CN(Cc1ncn[nH]1)C(=O)c1cc(Cl)cc(Cl)c1. The molecule has 7 heteroatoms. The minimum absolute atomic E-state index is 0.184. The van der Waals surface area contributed by atoms with E-state index in [0.29, 0.717) is 28.0 Å². The second kappa shape index (κ2) is 5.37. The van der Waals surface area contributed by atoms with Crippen molar-refractivity contribution in [3.05, 3.63) is 46.0 Å². The van der Waals surface area contributed by atoms with Crippen molar-refractivity contribution in [1.29, 1.82) is 0 Å². The third-order valence-corrected chi connectivity index (χ3v) is 2.74. The largest absolute Gasteiger partial charge is 0.334 e. The Bertz CT molecular complexity index is 536. The smallest absolute Gasteiger partial charge is 0.254 e. The van der Waals surface area contributed by atoms with E-state index >= 15 is 0 Å². The fraction of sp³-hybridized carbons (Fsp3) is 0.182.